The zero-order valence-electron chi connectivity index (χ0n) is 24.8. The van der Waals surface area contributed by atoms with E-state index in [4.69, 9.17) is 19.9 Å². The molecule has 0 saturated heterocycles. The molecule has 0 radical (unpaired) electrons. The van der Waals surface area contributed by atoms with Crippen LogP contribution < -0.4 is 25.8 Å². The van der Waals surface area contributed by atoms with Gasteiger partial charge in [-0.3, -0.25) is 14.4 Å². The number of carbonyl (C=O) groups excluding carboxylic acids is 3. The predicted octanol–water partition coefficient (Wildman–Crippen LogP) is 1.84. The number of carboxylic acids is 1. The van der Waals surface area contributed by atoms with E-state index in [-0.39, 0.29) is 35.5 Å². The lowest BCUT2D eigenvalue weighted by Crippen LogP contribution is -2.69. The topological polar surface area (TPSA) is 166 Å². The van der Waals surface area contributed by atoms with Crippen LogP contribution in [0.15, 0.2) is 24.3 Å². The lowest BCUT2D eigenvalue weighted by Gasteiger charge is -2.65. The maximum Gasteiger partial charge on any atom is 0.326 e. The number of hydrogen-bond donors (Lipinski definition) is 4. The summed E-state index contributed by atoms with van der Waals surface area (Å²) in [5.41, 5.74) is 8.15. The van der Waals surface area contributed by atoms with Crippen molar-refractivity contribution in [3.63, 3.8) is 0 Å². The number of carbonyl (C=O) groups is 4. The van der Waals surface area contributed by atoms with Crippen molar-refractivity contribution in [2.75, 3.05) is 13.7 Å². The molecule has 11 nitrogen and oxygen atoms in total. The van der Waals surface area contributed by atoms with E-state index in [0.29, 0.717) is 24.0 Å². The van der Waals surface area contributed by atoms with Crippen molar-refractivity contribution in [1.29, 1.82) is 0 Å². The quantitative estimate of drug-likeness (QED) is 0.225. The van der Waals surface area contributed by atoms with E-state index in [9.17, 15) is 24.3 Å². The van der Waals surface area contributed by atoms with Crippen molar-refractivity contribution in [3.05, 3.63) is 35.4 Å². The van der Waals surface area contributed by atoms with Gasteiger partial charge in [-0.2, -0.15) is 0 Å². The van der Waals surface area contributed by atoms with Crippen LogP contribution in [0.4, 0.5) is 0 Å². The molecule has 6 rings (SSSR count). The number of amides is 2. The maximum absolute atomic E-state index is 13.3. The Kier molecular flexibility index (Phi) is 7.76. The van der Waals surface area contributed by atoms with E-state index >= 15 is 0 Å². The van der Waals surface area contributed by atoms with E-state index in [2.05, 4.69) is 29.7 Å². The van der Waals surface area contributed by atoms with Crippen LogP contribution in [0.2, 0.25) is 0 Å². The van der Waals surface area contributed by atoms with E-state index in [0.717, 1.165) is 18.4 Å². The first-order valence-electron chi connectivity index (χ1n) is 14.6. The molecule has 2 amide bonds. The summed E-state index contributed by atoms with van der Waals surface area (Å²) in [4.78, 5) is 49.6. The van der Waals surface area contributed by atoms with Gasteiger partial charge in [-0.05, 0) is 54.7 Å². The number of aliphatic carboxylic acids is 1. The van der Waals surface area contributed by atoms with Crippen LogP contribution in [0.5, 0.6) is 11.5 Å². The third-order valence-corrected chi connectivity index (χ3v) is 9.68. The smallest absolute Gasteiger partial charge is 0.326 e. The summed E-state index contributed by atoms with van der Waals surface area (Å²) < 4.78 is 18.3. The van der Waals surface area contributed by atoms with Gasteiger partial charge in [0, 0.05) is 36.3 Å². The molecule has 11 heteroatoms. The van der Waals surface area contributed by atoms with Gasteiger partial charge in [0.05, 0.1) is 7.11 Å². The van der Waals surface area contributed by atoms with Crippen LogP contribution in [-0.2, 0) is 35.8 Å². The van der Waals surface area contributed by atoms with E-state index in [1.807, 2.05) is 12.1 Å². The summed E-state index contributed by atoms with van der Waals surface area (Å²) in [7, 11) is 1.61. The van der Waals surface area contributed by atoms with Gasteiger partial charge in [0.1, 0.15) is 18.2 Å². The Morgan fingerprint density at radius 1 is 1.21 bits per heavy atom. The van der Waals surface area contributed by atoms with Crippen LogP contribution >= 0.6 is 0 Å². The minimum Gasteiger partial charge on any atom is -0.493 e. The normalized spacial score (nSPS) is 31.0. The zero-order chi connectivity index (χ0) is 30.6. The fourth-order valence-corrected chi connectivity index (χ4v) is 8.18. The summed E-state index contributed by atoms with van der Waals surface area (Å²) >= 11 is 0. The Balaban J connectivity index is 1.35. The number of nitrogens with two attached hydrogens (primary N) is 1. The molecule has 1 fully saturated rings. The number of hydrogen-bond acceptors (Lipinski definition) is 8. The molecule has 228 valence electrons. The molecular formula is C31H41N3O8. The number of nitrogens with one attached hydrogen (secondary N) is 2. The Morgan fingerprint density at radius 3 is 2.57 bits per heavy atom. The molecule has 0 aromatic heterocycles. The van der Waals surface area contributed by atoms with Crippen molar-refractivity contribution in [2.24, 2.45) is 28.9 Å². The molecule has 4 aliphatic carbocycles. The first-order chi connectivity index (χ1) is 19.9. The maximum atomic E-state index is 13.3. The lowest BCUT2D eigenvalue weighted by molar-refractivity contribution is -0.161. The highest BCUT2D eigenvalue weighted by atomic mass is 16.6. The Morgan fingerprint density at radius 2 is 1.95 bits per heavy atom. The molecular weight excluding hydrogens is 542 g/mol. The summed E-state index contributed by atoms with van der Waals surface area (Å²) in [6, 6.07) is 1.80. The minimum absolute atomic E-state index is 0.0631. The van der Waals surface area contributed by atoms with Crippen molar-refractivity contribution in [3.8, 4) is 11.5 Å². The lowest BCUT2D eigenvalue weighted by atomic mass is 9.37. The SMILES string of the molecule is COc1ccc2c3c1O[C@H]1[C@@H](OC(=O)CCC(NC(C)=O)C(=O)NC(C(=O)O)C(C)C)C=CC4(CN)CC31C4[C@H](C)C2. The number of rotatable bonds is 11. The van der Waals surface area contributed by atoms with Crippen molar-refractivity contribution < 1.29 is 38.5 Å². The fraction of sp³-hybridized carbons (Fsp3) is 0.613. The van der Waals surface area contributed by atoms with Gasteiger partial charge in [-0.15, -0.1) is 0 Å². The second-order valence-electron chi connectivity index (χ2n) is 12.7. The second-order valence-corrected chi connectivity index (χ2v) is 12.7. The standard InChI is InChI=1S/C31H41N3O8/c1-15(2)24(29(38)39)34-28(37)19(33-17(4)35)7-9-22(36)41-21-10-11-30(14-32)13-31-23-18(12-16(3)26(30)31)6-8-20(40-5)25(23)42-27(21)31/h6,8,10-11,15-16,19,21,24,26-27H,7,9,12-14,32H2,1-5H3,(H,33,35)(H,34,37)(H,38,39)/t16-,19?,21+,24?,26?,27+,30?,31?/m1/s1. The number of methoxy groups -OCH3 is 1. The van der Waals surface area contributed by atoms with Gasteiger partial charge in [0.25, 0.3) is 0 Å². The number of esters is 1. The number of benzene rings is 1. The average Bonchev–Trinajstić information content (AvgIpc) is 3.15. The van der Waals surface area contributed by atoms with Crippen molar-refractivity contribution in [2.45, 2.75) is 83.1 Å². The molecule has 1 spiro atoms. The molecule has 5 N–H and O–H groups in total. The third-order valence-electron chi connectivity index (χ3n) is 9.68. The minimum atomic E-state index is -1.18. The van der Waals surface area contributed by atoms with Gasteiger partial charge >= 0.3 is 11.9 Å². The molecule has 8 atom stereocenters. The van der Waals surface area contributed by atoms with Gasteiger partial charge < -0.3 is 35.7 Å². The summed E-state index contributed by atoms with van der Waals surface area (Å²) in [5, 5.41) is 14.5. The number of carboxylic acid groups (broad SMARTS) is 1. The van der Waals surface area contributed by atoms with E-state index in [1.54, 1.807) is 21.0 Å². The van der Waals surface area contributed by atoms with Crippen LogP contribution in [0, 0.1) is 23.2 Å². The summed E-state index contributed by atoms with van der Waals surface area (Å²) in [5.74, 6) is -1.35. The highest BCUT2D eigenvalue weighted by Gasteiger charge is 2.74. The Bertz CT molecular complexity index is 1330. The van der Waals surface area contributed by atoms with Crippen LogP contribution in [0.25, 0.3) is 0 Å². The zero-order valence-corrected chi connectivity index (χ0v) is 24.8. The number of fused-ring (bicyclic) bond motifs is 1. The molecule has 5 unspecified atom stereocenters. The van der Waals surface area contributed by atoms with Gasteiger partial charge in [-0.25, -0.2) is 4.79 Å². The first-order valence-corrected chi connectivity index (χ1v) is 14.6. The molecule has 42 heavy (non-hydrogen) atoms. The summed E-state index contributed by atoms with van der Waals surface area (Å²) in [6.45, 7) is 7.32. The van der Waals surface area contributed by atoms with E-state index in [1.165, 1.54) is 12.5 Å². The molecule has 1 aliphatic heterocycles. The monoisotopic (exact) mass is 583 g/mol. The third kappa shape index (κ3) is 4.62. The second kappa shape index (κ2) is 10.9. The van der Waals surface area contributed by atoms with Gasteiger partial charge in [0.15, 0.2) is 17.6 Å². The molecule has 1 saturated carbocycles. The molecule has 2 bridgehead atoms. The highest BCUT2D eigenvalue weighted by Crippen LogP contribution is 2.74. The van der Waals surface area contributed by atoms with Crippen LogP contribution in [-0.4, -0.2) is 66.8 Å². The van der Waals surface area contributed by atoms with Crippen molar-refractivity contribution in [1.82, 2.24) is 10.6 Å². The molecule has 1 heterocycles. The van der Waals surface area contributed by atoms with Crippen molar-refractivity contribution >= 4 is 23.8 Å². The fourth-order valence-electron chi connectivity index (χ4n) is 8.18. The van der Waals surface area contributed by atoms with E-state index < -0.39 is 48.0 Å². The van der Waals surface area contributed by atoms with Gasteiger partial charge in [-0.1, -0.05) is 32.9 Å². The Labute approximate surface area is 245 Å². The Hall–Kier alpha value is -3.60. The molecule has 1 aromatic rings. The van der Waals surface area contributed by atoms with Crippen LogP contribution in [0.3, 0.4) is 0 Å². The number of ether oxygens (including phenoxy) is 3. The molecule has 1 aromatic carbocycles. The first kappa shape index (κ1) is 29.9. The average molecular weight is 584 g/mol. The van der Waals surface area contributed by atoms with Gasteiger partial charge in [0.2, 0.25) is 11.8 Å². The highest BCUT2D eigenvalue weighted by molar-refractivity contribution is 5.90. The largest absolute Gasteiger partial charge is 0.493 e. The molecule has 5 aliphatic rings. The van der Waals surface area contributed by atoms with Crippen LogP contribution in [0.1, 0.15) is 58.1 Å². The summed E-state index contributed by atoms with van der Waals surface area (Å²) in [6.07, 6.45) is 4.30. The predicted molar refractivity (Wildman–Crippen MR) is 152 cm³/mol.